The number of ether oxygens (including phenoxy) is 1. The molecule has 0 N–H and O–H groups in total. The molecule has 1 aliphatic heterocycles. The average Bonchev–Trinajstić information content (AvgIpc) is 3.12. The van der Waals surface area contributed by atoms with E-state index >= 15 is 0 Å². The predicted octanol–water partition coefficient (Wildman–Crippen LogP) is 4.47. The average molecular weight is 445 g/mol. The van der Waals surface area contributed by atoms with Crippen molar-refractivity contribution in [2.75, 3.05) is 31.2 Å². The molecule has 2 heterocycles. The molecule has 0 bridgehead atoms. The van der Waals surface area contributed by atoms with Gasteiger partial charge in [0.15, 0.2) is 5.16 Å². The number of morpholine rings is 1. The van der Waals surface area contributed by atoms with Crippen molar-refractivity contribution in [1.82, 2.24) is 14.8 Å². The van der Waals surface area contributed by atoms with Crippen LogP contribution in [0.25, 0.3) is 5.69 Å². The second-order valence-corrected chi connectivity index (χ2v) is 8.23. The number of aromatic nitrogens is 3. The van der Waals surface area contributed by atoms with E-state index in [0.717, 1.165) is 53.3 Å². The van der Waals surface area contributed by atoms with E-state index < -0.39 is 0 Å². The zero-order valence-electron chi connectivity index (χ0n) is 15.1. The van der Waals surface area contributed by atoms with Crippen LogP contribution < -0.4 is 4.90 Å². The lowest BCUT2D eigenvalue weighted by Crippen LogP contribution is -2.37. The standard InChI is InChI=1S/C20H21BrN4OS/c1-15-5-4-7-17(13-15)25-19(24-9-11-26-12-10-24)22-23-20(25)27-14-16-6-2-3-8-18(16)21/h2-8,13H,9-12,14H2,1H3. The molecule has 27 heavy (non-hydrogen) atoms. The molecule has 0 amide bonds. The van der Waals surface area contributed by atoms with Gasteiger partial charge in [-0.15, -0.1) is 10.2 Å². The molecule has 1 aliphatic rings. The van der Waals surface area contributed by atoms with Crippen LogP contribution in [0.15, 0.2) is 58.2 Å². The monoisotopic (exact) mass is 444 g/mol. The summed E-state index contributed by atoms with van der Waals surface area (Å²) in [6.45, 7) is 5.22. The van der Waals surface area contributed by atoms with Crippen molar-refractivity contribution in [2.45, 2.75) is 17.8 Å². The quantitative estimate of drug-likeness (QED) is 0.543. The SMILES string of the molecule is Cc1cccc(-n2c(SCc3ccccc3Br)nnc2N2CCOCC2)c1. The smallest absolute Gasteiger partial charge is 0.232 e. The minimum absolute atomic E-state index is 0.722. The number of rotatable bonds is 5. The van der Waals surface area contributed by atoms with Gasteiger partial charge < -0.3 is 9.64 Å². The molecular weight excluding hydrogens is 424 g/mol. The molecule has 0 saturated carbocycles. The zero-order valence-corrected chi connectivity index (χ0v) is 17.5. The summed E-state index contributed by atoms with van der Waals surface area (Å²) in [5, 5.41) is 9.95. The third-order valence-electron chi connectivity index (χ3n) is 4.48. The van der Waals surface area contributed by atoms with Crippen molar-refractivity contribution in [2.24, 2.45) is 0 Å². The molecule has 140 valence electrons. The maximum atomic E-state index is 5.50. The lowest BCUT2D eigenvalue weighted by atomic mass is 10.2. The van der Waals surface area contributed by atoms with Crippen LogP contribution >= 0.6 is 27.7 Å². The third-order valence-corrected chi connectivity index (χ3v) is 6.24. The van der Waals surface area contributed by atoms with Gasteiger partial charge in [-0.25, -0.2) is 0 Å². The molecule has 1 aromatic heterocycles. The Hall–Kier alpha value is -1.83. The number of thioether (sulfide) groups is 1. The molecule has 1 fully saturated rings. The second-order valence-electron chi connectivity index (χ2n) is 6.44. The van der Waals surface area contributed by atoms with Gasteiger partial charge in [0.2, 0.25) is 5.95 Å². The van der Waals surface area contributed by atoms with Crippen molar-refractivity contribution in [3.8, 4) is 5.69 Å². The van der Waals surface area contributed by atoms with Gasteiger partial charge in [0, 0.05) is 23.3 Å². The number of nitrogens with zero attached hydrogens (tertiary/aromatic N) is 4. The van der Waals surface area contributed by atoms with Crippen LogP contribution in [0.5, 0.6) is 0 Å². The van der Waals surface area contributed by atoms with Crippen LogP contribution in [0.3, 0.4) is 0 Å². The van der Waals surface area contributed by atoms with Crippen LogP contribution in [0.4, 0.5) is 5.95 Å². The Kier molecular flexibility index (Phi) is 5.80. The van der Waals surface area contributed by atoms with Gasteiger partial charge >= 0.3 is 0 Å². The minimum Gasteiger partial charge on any atom is -0.378 e. The molecule has 2 aromatic carbocycles. The number of halogens is 1. The molecule has 3 aromatic rings. The minimum atomic E-state index is 0.722. The summed E-state index contributed by atoms with van der Waals surface area (Å²) in [5.74, 6) is 1.72. The summed E-state index contributed by atoms with van der Waals surface area (Å²) in [5.41, 5.74) is 3.56. The Bertz CT molecular complexity index is 924. The second kappa shape index (κ2) is 8.46. The number of benzene rings is 2. The molecule has 0 radical (unpaired) electrons. The van der Waals surface area contributed by atoms with Gasteiger partial charge in [0.05, 0.1) is 18.9 Å². The molecule has 7 heteroatoms. The van der Waals surface area contributed by atoms with Crippen LogP contribution in [0.1, 0.15) is 11.1 Å². The van der Waals surface area contributed by atoms with E-state index in [1.807, 2.05) is 6.07 Å². The van der Waals surface area contributed by atoms with Gasteiger partial charge in [-0.1, -0.05) is 58.0 Å². The highest BCUT2D eigenvalue weighted by atomic mass is 79.9. The van der Waals surface area contributed by atoms with E-state index in [1.165, 1.54) is 11.1 Å². The highest BCUT2D eigenvalue weighted by Gasteiger charge is 2.22. The van der Waals surface area contributed by atoms with E-state index in [4.69, 9.17) is 4.74 Å². The molecular formula is C20H21BrN4OS. The first kappa shape index (κ1) is 18.5. The Labute approximate surface area is 171 Å². The summed E-state index contributed by atoms with van der Waals surface area (Å²) in [6.07, 6.45) is 0. The van der Waals surface area contributed by atoms with Gasteiger partial charge in [0.25, 0.3) is 0 Å². The summed E-state index contributed by atoms with van der Waals surface area (Å²) < 4.78 is 8.79. The molecule has 0 aliphatic carbocycles. The highest BCUT2D eigenvalue weighted by Crippen LogP contribution is 2.31. The fourth-order valence-corrected chi connectivity index (χ4v) is 4.64. The van der Waals surface area contributed by atoms with Crippen molar-refractivity contribution in [3.05, 3.63) is 64.1 Å². The normalized spacial score (nSPS) is 14.5. The van der Waals surface area contributed by atoms with Gasteiger partial charge in [0.1, 0.15) is 0 Å². The lowest BCUT2D eigenvalue weighted by molar-refractivity contribution is 0.122. The first-order chi connectivity index (χ1) is 13.2. The van der Waals surface area contributed by atoms with E-state index in [9.17, 15) is 0 Å². The molecule has 0 unspecified atom stereocenters. The number of anilines is 1. The summed E-state index contributed by atoms with van der Waals surface area (Å²) in [6, 6.07) is 16.8. The Balaban J connectivity index is 1.68. The van der Waals surface area contributed by atoms with E-state index in [-0.39, 0.29) is 0 Å². The van der Waals surface area contributed by atoms with Crippen molar-refractivity contribution < 1.29 is 4.74 Å². The number of hydrogen-bond acceptors (Lipinski definition) is 5. The zero-order chi connectivity index (χ0) is 18.6. The summed E-state index contributed by atoms with van der Waals surface area (Å²) in [7, 11) is 0. The Morgan fingerprint density at radius 3 is 2.67 bits per heavy atom. The van der Waals surface area contributed by atoms with Crippen LogP contribution in [0, 0.1) is 6.92 Å². The summed E-state index contributed by atoms with van der Waals surface area (Å²) >= 11 is 5.33. The van der Waals surface area contributed by atoms with Crippen molar-refractivity contribution in [1.29, 1.82) is 0 Å². The maximum Gasteiger partial charge on any atom is 0.232 e. The third kappa shape index (κ3) is 4.20. The van der Waals surface area contributed by atoms with E-state index in [2.05, 4.69) is 85.0 Å². The van der Waals surface area contributed by atoms with E-state index in [0.29, 0.717) is 0 Å². The van der Waals surface area contributed by atoms with Crippen LogP contribution in [-0.2, 0) is 10.5 Å². The van der Waals surface area contributed by atoms with E-state index in [1.54, 1.807) is 11.8 Å². The molecule has 1 saturated heterocycles. The topological polar surface area (TPSA) is 43.2 Å². The largest absolute Gasteiger partial charge is 0.378 e. The Morgan fingerprint density at radius 1 is 1.07 bits per heavy atom. The fourth-order valence-electron chi connectivity index (χ4n) is 3.07. The van der Waals surface area contributed by atoms with Gasteiger partial charge in [-0.05, 0) is 36.2 Å². The number of hydrogen-bond donors (Lipinski definition) is 0. The molecule has 0 atom stereocenters. The van der Waals surface area contributed by atoms with Gasteiger partial charge in [-0.3, -0.25) is 4.57 Å². The van der Waals surface area contributed by atoms with Crippen LogP contribution in [0.2, 0.25) is 0 Å². The number of aryl methyl sites for hydroxylation is 1. The fraction of sp³-hybridized carbons (Fsp3) is 0.300. The molecule has 0 spiro atoms. The first-order valence-corrected chi connectivity index (χ1v) is 10.7. The predicted molar refractivity (Wildman–Crippen MR) is 113 cm³/mol. The lowest BCUT2D eigenvalue weighted by Gasteiger charge is -2.28. The van der Waals surface area contributed by atoms with Crippen molar-refractivity contribution >= 4 is 33.6 Å². The Morgan fingerprint density at radius 2 is 1.89 bits per heavy atom. The van der Waals surface area contributed by atoms with Crippen LogP contribution in [-0.4, -0.2) is 41.1 Å². The maximum absolute atomic E-state index is 5.50. The highest BCUT2D eigenvalue weighted by molar-refractivity contribution is 9.10. The summed E-state index contributed by atoms with van der Waals surface area (Å²) in [4.78, 5) is 2.25. The molecule has 4 rings (SSSR count). The molecule has 5 nitrogen and oxygen atoms in total. The first-order valence-electron chi connectivity index (χ1n) is 8.94. The van der Waals surface area contributed by atoms with Crippen molar-refractivity contribution in [3.63, 3.8) is 0 Å². The van der Waals surface area contributed by atoms with Gasteiger partial charge in [-0.2, -0.15) is 0 Å².